The van der Waals surface area contributed by atoms with Gasteiger partial charge in [0.1, 0.15) is 5.75 Å². The molecule has 0 aliphatic rings. The largest absolute Gasteiger partial charge is 0.475 e. The molecule has 5 heteroatoms. The van der Waals surface area contributed by atoms with E-state index >= 15 is 0 Å². The van der Waals surface area contributed by atoms with Crippen molar-refractivity contribution in [2.45, 2.75) is 19.1 Å². The van der Waals surface area contributed by atoms with Gasteiger partial charge in [-0.15, -0.1) is 0 Å². The molecule has 23 heavy (non-hydrogen) atoms. The fraction of sp³-hybridized carbons (Fsp3) is 0.278. The van der Waals surface area contributed by atoms with E-state index in [0.717, 1.165) is 10.0 Å². The van der Waals surface area contributed by atoms with Crippen molar-refractivity contribution in [1.29, 1.82) is 0 Å². The van der Waals surface area contributed by atoms with Crippen LogP contribution < -0.4 is 15.4 Å². The van der Waals surface area contributed by atoms with E-state index in [4.69, 9.17) is 4.74 Å². The first-order chi connectivity index (χ1) is 11.1. The molecule has 0 aliphatic carbocycles. The molecule has 2 aromatic carbocycles. The normalized spacial score (nSPS) is 13.2. The lowest BCUT2D eigenvalue weighted by molar-refractivity contribution is -0.128. The number of ether oxygens (including phenoxy) is 1. The van der Waals surface area contributed by atoms with Crippen LogP contribution in [0.1, 0.15) is 18.6 Å². The number of carbonyl (C=O) groups is 1. The van der Waals surface area contributed by atoms with Crippen molar-refractivity contribution in [3.05, 3.63) is 64.6 Å². The molecule has 0 heterocycles. The Morgan fingerprint density at radius 1 is 1.13 bits per heavy atom. The van der Waals surface area contributed by atoms with E-state index in [9.17, 15) is 4.79 Å². The highest BCUT2D eigenvalue weighted by atomic mass is 79.9. The van der Waals surface area contributed by atoms with Gasteiger partial charge >= 0.3 is 0 Å². The highest BCUT2D eigenvalue weighted by molar-refractivity contribution is 9.10. The maximum Gasteiger partial charge on any atom is 0.265 e. The van der Waals surface area contributed by atoms with Gasteiger partial charge < -0.3 is 15.4 Å². The minimum Gasteiger partial charge on any atom is -0.475 e. The molecule has 2 rings (SSSR count). The monoisotopic (exact) mass is 376 g/mol. The van der Waals surface area contributed by atoms with E-state index in [-0.39, 0.29) is 11.9 Å². The second-order valence-corrected chi connectivity index (χ2v) is 6.13. The lowest BCUT2D eigenvalue weighted by Crippen LogP contribution is -2.40. The zero-order valence-corrected chi connectivity index (χ0v) is 14.8. The quantitative estimate of drug-likeness (QED) is 0.779. The second-order valence-electron chi connectivity index (χ2n) is 5.27. The van der Waals surface area contributed by atoms with E-state index in [1.807, 2.05) is 68.6 Å². The van der Waals surface area contributed by atoms with E-state index in [2.05, 4.69) is 26.6 Å². The Bertz CT molecular complexity index is 634. The molecule has 2 unspecified atom stereocenters. The van der Waals surface area contributed by atoms with Crippen molar-refractivity contribution < 1.29 is 9.53 Å². The van der Waals surface area contributed by atoms with Crippen LogP contribution >= 0.6 is 15.9 Å². The summed E-state index contributed by atoms with van der Waals surface area (Å²) in [6.45, 7) is 2.55. The first-order valence-corrected chi connectivity index (χ1v) is 8.32. The molecular weight excluding hydrogens is 356 g/mol. The van der Waals surface area contributed by atoms with E-state index in [1.165, 1.54) is 0 Å². The van der Waals surface area contributed by atoms with Gasteiger partial charge in [0, 0.05) is 18.2 Å². The number of para-hydroxylation sites is 1. The van der Waals surface area contributed by atoms with Crippen LogP contribution in [-0.4, -0.2) is 25.5 Å². The van der Waals surface area contributed by atoms with Crippen LogP contribution in [0.3, 0.4) is 0 Å². The highest BCUT2D eigenvalue weighted by Crippen LogP contribution is 2.29. The van der Waals surface area contributed by atoms with Crippen molar-refractivity contribution in [2.24, 2.45) is 0 Å². The van der Waals surface area contributed by atoms with Crippen LogP contribution in [0.2, 0.25) is 0 Å². The van der Waals surface area contributed by atoms with Crippen molar-refractivity contribution in [1.82, 2.24) is 10.6 Å². The second kappa shape index (κ2) is 8.70. The van der Waals surface area contributed by atoms with Gasteiger partial charge in [-0.3, -0.25) is 4.79 Å². The molecule has 1 amide bonds. The summed E-state index contributed by atoms with van der Waals surface area (Å²) in [5, 5.41) is 6.02. The van der Waals surface area contributed by atoms with Gasteiger partial charge in [-0.25, -0.2) is 0 Å². The maximum atomic E-state index is 12.6. The minimum atomic E-state index is -0.695. The number of hydrogen-bond acceptors (Lipinski definition) is 3. The maximum absolute atomic E-state index is 12.6. The summed E-state index contributed by atoms with van der Waals surface area (Å²) in [7, 11) is 1.86. The molecule has 0 saturated carbocycles. The Morgan fingerprint density at radius 3 is 2.43 bits per heavy atom. The molecule has 0 radical (unpaired) electrons. The van der Waals surface area contributed by atoms with Crippen LogP contribution in [0.15, 0.2) is 59.1 Å². The molecule has 0 bridgehead atoms. The number of carbonyl (C=O) groups excluding carboxylic acids is 1. The molecule has 4 nitrogen and oxygen atoms in total. The average molecular weight is 377 g/mol. The molecule has 0 fully saturated rings. The van der Waals surface area contributed by atoms with Gasteiger partial charge in [0.2, 0.25) is 6.10 Å². The van der Waals surface area contributed by atoms with E-state index < -0.39 is 6.10 Å². The summed E-state index contributed by atoms with van der Waals surface area (Å²) in [4.78, 5) is 12.6. The Labute approximate surface area is 145 Å². The van der Waals surface area contributed by atoms with Gasteiger partial charge in [0.25, 0.3) is 5.91 Å². The average Bonchev–Trinajstić information content (AvgIpc) is 2.59. The van der Waals surface area contributed by atoms with Gasteiger partial charge in [-0.05, 0) is 42.0 Å². The van der Waals surface area contributed by atoms with Crippen LogP contribution in [0, 0.1) is 0 Å². The van der Waals surface area contributed by atoms with Crippen molar-refractivity contribution in [3.63, 3.8) is 0 Å². The predicted molar refractivity (Wildman–Crippen MR) is 95.5 cm³/mol. The molecule has 0 saturated heterocycles. The number of amides is 1. The third kappa shape index (κ3) is 5.08. The topological polar surface area (TPSA) is 50.4 Å². The third-order valence-corrected chi connectivity index (χ3v) is 4.15. The zero-order chi connectivity index (χ0) is 16.7. The molecule has 2 atom stereocenters. The lowest BCUT2D eigenvalue weighted by atomic mass is 10.1. The summed E-state index contributed by atoms with van der Waals surface area (Å²) < 4.78 is 6.80. The Kier molecular flexibility index (Phi) is 6.62. The molecule has 2 N–H and O–H groups in total. The van der Waals surface area contributed by atoms with Crippen molar-refractivity contribution in [2.75, 3.05) is 13.6 Å². The molecule has 122 valence electrons. The lowest BCUT2D eigenvalue weighted by Gasteiger charge is -2.21. The van der Waals surface area contributed by atoms with Crippen LogP contribution in [0.5, 0.6) is 5.75 Å². The Morgan fingerprint density at radius 2 is 1.78 bits per heavy atom. The van der Waals surface area contributed by atoms with Crippen LogP contribution in [-0.2, 0) is 4.79 Å². The molecule has 0 aromatic heterocycles. The summed E-state index contributed by atoms with van der Waals surface area (Å²) in [6, 6.07) is 17.2. The summed E-state index contributed by atoms with van der Waals surface area (Å²) >= 11 is 3.45. The SMILES string of the molecule is CNC(C)CNC(=O)C(Oc1ccccc1Br)c1ccccc1. The molecule has 2 aromatic rings. The first kappa shape index (κ1) is 17.5. The number of likely N-dealkylation sites (N-methyl/N-ethyl adjacent to an activating group) is 1. The Balaban J connectivity index is 2.19. The number of rotatable bonds is 7. The molecular formula is C18H21BrN2O2. The van der Waals surface area contributed by atoms with Gasteiger partial charge in [-0.2, -0.15) is 0 Å². The number of hydrogen-bond donors (Lipinski definition) is 2. The smallest absolute Gasteiger partial charge is 0.265 e. The summed E-state index contributed by atoms with van der Waals surface area (Å²) in [5.41, 5.74) is 0.817. The zero-order valence-electron chi connectivity index (χ0n) is 13.3. The predicted octanol–water partition coefficient (Wildman–Crippen LogP) is 3.29. The van der Waals surface area contributed by atoms with Crippen LogP contribution in [0.25, 0.3) is 0 Å². The molecule has 0 aliphatic heterocycles. The third-order valence-electron chi connectivity index (χ3n) is 3.50. The molecule has 0 spiro atoms. The van der Waals surface area contributed by atoms with Crippen molar-refractivity contribution in [3.8, 4) is 5.75 Å². The van der Waals surface area contributed by atoms with Gasteiger partial charge in [-0.1, -0.05) is 42.5 Å². The number of halogens is 1. The number of nitrogens with one attached hydrogen (secondary N) is 2. The standard InChI is InChI=1S/C18H21BrN2O2/c1-13(20-2)12-21-18(22)17(14-8-4-3-5-9-14)23-16-11-7-6-10-15(16)19/h3-11,13,17,20H,12H2,1-2H3,(H,21,22). The van der Waals surface area contributed by atoms with E-state index in [1.54, 1.807) is 0 Å². The fourth-order valence-corrected chi connectivity index (χ4v) is 2.39. The summed E-state index contributed by atoms with van der Waals surface area (Å²) in [6.07, 6.45) is -0.695. The summed E-state index contributed by atoms with van der Waals surface area (Å²) in [5.74, 6) is 0.479. The van der Waals surface area contributed by atoms with E-state index in [0.29, 0.717) is 12.3 Å². The van der Waals surface area contributed by atoms with Crippen molar-refractivity contribution >= 4 is 21.8 Å². The fourth-order valence-electron chi connectivity index (χ4n) is 2.02. The van der Waals surface area contributed by atoms with Gasteiger partial charge in [0.15, 0.2) is 0 Å². The highest BCUT2D eigenvalue weighted by Gasteiger charge is 2.23. The minimum absolute atomic E-state index is 0.158. The first-order valence-electron chi connectivity index (χ1n) is 7.53. The number of benzene rings is 2. The van der Waals surface area contributed by atoms with Crippen LogP contribution in [0.4, 0.5) is 0 Å². The Hall–Kier alpha value is -1.85. The van der Waals surface area contributed by atoms with Gasteiger partial charge in [0.05, 0.1) is 4.47 Å².